The van der Waals surface area contributed by atoms with E-state index in [1.165, 1.54) is 0 Å². The predicted octanol–water partition coefficient (Wildman–Crippen LogP) is -0.993. The second-order valence-electron chi connectivity index (χ2n) is 4.66. The number of aliphatic carboxylic acids is 1. The first-order valence-electron chi connectivity index (χ1n) is 5.78. The van der Waals surface area contributed by atoms with E-state index < -0.39 is 21.7 Å². The zero-order chi connectivity index (χ0) is 13.6. The van der Waals surface area contributed by atoms with Crippen LogP contribution in [0.25, 0.3) is 0 Å². The van der Waals surface area contributed by atoms with Crippen LogP contribution in [0.2, 0.25) is 0 Å². The zero-order valence-electron chi connectivity index (χ0n) is 10.4. The van der Waals surface area contributed by atoms with E-state index in [4.69, 9.17) is 9.84 Å². The van der Waals surface area contributed by atoms with Crippen LogP contribution in [0, 0.1) is 5.41 Å². The van der Waals surface area contributed by atoms with Gasteiger partial charge >= 0.3 is 5.97 Å². The molecule has 0 aromatic carbocycles. The molecule has 0 radical (unpaired) electrons. The zero-order valence-corrected chi connectivity index (χ0v) is 11.3. The fraction of sp³-hybridized carbons (Fsp3) is 0.900. The molecule has 1 fully saturated rings. The molecule has 8 heteroatoms. The average molecular weight is 280 g/mol. The summed E-state index contributed by atoms with van der Waals surface area (Å²) in [5, 5.41) is 11.7. The second-order valence-corrected chi connectivity index (χ2v) is 6.46. The second kappa shape index (κ2) is 6.46. The van der Waals surface area contributed by atoms with E-state index in [0.29, 0.717) is 6.61 Å². The molecule has 0 unspecified atom stereocenters. The summed E-state index contributed by atoms with van der Waals surface area (Å²) in [5.74, 6) is -2.25. The van der Waals surface area contributed by atoms with Gasteiger partial charge in [-0.05, 0) is 25.9 Å². The van der Waals surface area contributed by atoms with Crippen molar-refractivity contribution >= 4 is 16.0 Å². The molecule has 1 aliphatic heterocycles. The standard InChI is InChI=1S/C10H20N2O5S/c1-17-8-10(2-4-11-5-3-10)7-12-18(15,16)6-9(13)14/h11-12H,2-8H2,1H3,(H,13,14). The van der Waals surface area contributed by atoms with Crippen LogP contribution in [-0.2, 0) is 19.6 Å². The highest BCUT2D eigenvalue weighted by molar-refractivity contribution is 7.90. The number of carboxylic acids is 1. The third-order valence-corrected chi connectivity index (χ3v) is 4.31. The number of nitrogens with one attached hydrogen (secondary N) is 2. The first-order valence-corrected chi connectivity index (χ1v) is 7.43. The molecule has 106 valence electrons. The van der Waals surface area contributed by atoms with E-state index in [0.717, 1.165) is 25.9 Å². The van der Waals surface area contributed by atoms with Crippen molar-refractivity contribution < 1.29 is 23.1 Å². The van der Waals surface area contributed by atoms with Crippen molar-refractivity contribution in [3.8, 4) is 0 Å². The number of hydrogen-bond donors (Lipinski definition) is 3. The van der Waals surface area contributed by atoms with Gasteiger partial charge in [-0.1, -0.05) is 0 Å². The first-order chi connectivity index (χ1) is 8.39. The number of methoxy groups -OCH3 is 1. The number of rotatable bonds is 7. The Morgan fingerprint density at radius 1 is 1.44 bits per heavy atom. The molecule has 0 saturated carbocycles. The molecule has 0 aliphatic carbocycles. The van der Waals surface area contributed by atoms with E-state index in [9.17, 15) is 13.2 Å². The molecule has 1 aliphatic rings. The molecular weight excluding hydrogens is 260 g/mol. The third kappa shape index (κ3) is 4.89. The minimum atomic E-state index is -3.76. The smallest absolute Gasteiger partial charge is 0.320 e. The number of hydrogen-bond acceptors (Lipinski definition) is 5. The van der Waals surface area contributed by atoms with Crippen molar-refractivity contribution in [2.75, 3.05) is 39.1 Å². The monoisotopic (exact) mass is 280 g/mol. The van der Waals surface area contributed by atoms with Gasteiger partial charge in [0.2, 0.25) is 10.0 Å². The highest BCUT2D eigenvalue weighted by Crippen LogP contribution is 2.28. The Morgan fingerprint density at radius 3 is 2.56 bits per heavy atom. The molecule has 18 heavy (non-hydrogen) atoms. The van der Waals surface area contributed by atoms with Gasteiger partial charge in [-0.2, -0.15) is 0 Å². The van der Waals surface area contributed by atoms with Gasteiger partial charge in [-0.3, -0.25) is 4.79 Å². The van der Waals surface area contributed by atoms with Gasteiger partial charge in [-0.25, -0.2) is 13.1 Å². The van der Waals surface area contributed by atoms with E-state index in [-0.39, 0.29) is 12.0 Å². The van der Waals surface area contributed by atoms with Crippen LogP contribution in [0.15, 0.2) is 0 Å². The molecule has 1 heterocycles. The lowest BCUT2D eigenvalue weighted by molar-refractivity contribution is -0.134. The van der Waals surface area contributed by atoms with Gasteiger partial charge in [0.1, 0.15) is 0 Å². The molecule has 1 rings (SSSR count). The summed E-state index contributed by atoms with van der Waals surface area (Å²) in [6, 6.07) is 0. The van der Waals surface area contributed by atoms with Crippen LogP contribution < -0.4 is 10.0 Å². The van der Waals surface area contributed by atoms with E-state index >= 15 is 0 Å². The molecule has 0 aromatic rings. The fourth-order valence-electron chi connectivity index (χ4n) is 2.11. The van der Waals surface area contributed by atoms with Gasteiger partial charge in [0.05, 0.1) is 6.61 Å². The maximum absolute atomic E-state index is 11.5. The molecule has 0 bridgehead atoms. The summed E-state index contributed by atoms with van der Waals surface area (Å²) in [4.78, 5) is 10.4. The number of sulfonamides is 1. The lowest BCUT2D eigenvalue weighted by atomic mass is 9.80. The largest absolute Gasteiger partial charge is 0.480 e. The van der Waals surface area contributed by atoms with Crippen LogP contribution >= 0.6 is 0 Å². The van der Waals surface area contributed by atoms with Crippen molar-refractivity contribution in [3.05, 3.63) is 0 Å². The van der Waals surface area contributed by atoms with Crippen LogP contribution in [-0.4, -0.2) is 58.6 Å². The topological polar surface area (TPSA) is 105 Å². The minimum absolute atomic E-state index is 0.220. The Kier molecular flexibility index (Phi) is 5.51. The van der Waals surface area contributed by atoms with Crippen molar-refractivity contribution in [3.63, 3.8) is 0 Å². The quantitative estimate of drug-likeness (QED) is 0.553. The summed E-state index contributed by atoms with van der Waals surface area (Å²) < 4.78 is 30.5. The number of piperidine rings is 1. The van der Waals surface area contributed by atoms with E-state index in [2.05, 4.69) is 10.0 Å². The Labute approximate surface area is 107 Å². The lowest BCUT2D eigenvalue weighted by Gasteiger charge is -2.37. The maximum Gasteiger partial charge on any atom is 0.320 e. The van der Waals surface area contributed by atoms with Crippen molar-refractivity contribution in [2.24, 2.45) is 5.41 Å². The molecule has 0 atom stereocenters. The summed E-state index contributed by atoms with van der Waals surface area (Å²) in [7, 11) is -2.18. The molecular formula is C10H20N2O5S. The van der Waals surface area contributed by atoms with Gasteiger partial charge in [-0.15, -0.1) is 0 Å². The number of ether oxygens (including phenoxy) is 1. The first kappa shape index (κ1) is 15.4. The Bertz CT molecular complexity index is 370. The highest BCUT2D eigenvalue weighted by Gasteiger charge is 2.33. The SMILES string of the molecule is COCC1(CNS(=O)(=O)CC(=O)O)CCNCC1. The molecule has 0 spiro atoms. The van der Waals surface area contributed by atoms with Crippen LogP contribution in [0.4, 0.5) is 0 Å². The molecule has 0 amide bonds. The van der Waals surface area contributed by atoms with E-state index in [1.807, 2.05) is 0 Å². The average Bonchev–Trinajstić information content (AvgIpc) is 2.27. The molecule has 7 nitrogen and oxygen atoms in total. The van der Waals surface area contributed by atoms with Crippen LogP contribution in [0.3, 0.4) is 0 Å². The maximum atomic E-state index is 11.5. The Balaban J connectivity index is 2.59. The van der Waals surface area contributed by atoms with E-state index in [1.54, 1.807) is 7.11 Å². The summed E-state index contributed by atoms with van der Waals surface area (Å²) in [5.41, 5.74) is -0.244. The van der Waals surface area contributed by atoms with Crippen molar-refractivity contribution in [1.29, 1.82) is 0 Å². The fourth-order valence-corrected chi connectivity index (χ4v) is 3.07. The van der Waals surface area contributed by atoms with Crippen LogP contribution in [0.1, 0.15) is 12.8 Å². The van der Waals surface area contributed by atoms with Crippen molar-refractivity contribution in [1.82, 2.24) is 10.0 Å². The summed E-state index contributed by atoms with van der Waals surface area (Å²) in [6.07, 6.45) is 1.60. The Morgan fingerprint density at radius 2 is 2.06 bits per heavy atom. The van der Waals surface area contributed by atoms with Gasteiger partial charge in [0, 0.05) is 19.1 Å². The highest BCUT2D eigenvalue weighted by atomic mass is 32.2. The molecule has 3 N–H and O–H groups in total. The Hall–Kier alpha value is -0.700. The summed E-state index contributed by atoms with van der Waals surface area (Å²) >= 11 is 0. The molecule has 1 saturated heterocycles. The number of carbonyl (C=O) groups is 1. The lowest BCUT2D eigenvalue weighted by Crippen LogP contribution is -2.47. The van der Waals surface area contributed by atoms with Crippen molar-refractivity contribution in [2.45, 2.75) is 12.8 Å². The number of carboxylic acid groups (broad SMARTS) is 1. The van der Waals surface area contributed by atoms with Gasteiger partial charge in [0.15, 0.2) is 5.75 Å². The van der Waals surface area contributed by atoms with Gasteiger partial charge in [0.25, 0.3) is 0 Å². The normalized spacial score (nSPS) is 19.6. The van der Waals surface area contributed by atoms with Gasteiger partial charge < -0.3 is 15.2 Å². The van der Waals surface area contributed by atoms with Crippen LogP contribution in [0.5, 0.6) is 0 Å². The molecule has 0 aromatic heterocycles. The minimum Gasteiger partial charge on any atom is -0.480 e. The predicted molar refractivity (Wildman–Crippen MR) is 65.8 cm³/mol. The summed E-state index contributed by atoms with van der Waals surface area (Å²) in [6.45, 7) is 2.30. The third-order valence-electron chi connectivity index (χ3n) is 3.10.